The van der Waals surface area contributed by atoms with Gasteiger partial charge in [0.25, 0.3) is 5.91 Å². The highest BCUT2D eigenvalue weighted by Gasteiger charge is 2.37. The van der Waals surface area contributed by atoms with Gasteiger partial charge in [-0.05, 0) is 30.7 Å². The van der Waals surface area contributed by atoms with Crippen molar-refractivity contribution in [3.8, 4) is 0 Å². The van der Waals surface area contributed by atoms with Crippen LogP contribution in [0.3, 0.4) is 0 Å². The number of nitrogens with zero attached hydrogens (tertiary/aromatic N) is 2. The van der Waals surface area contributed by atoms with Crippen LogP contribution >= 0.6 is 0 Å². The number of benzene rings is 2. The molecule has 0 saturated heterocycles. The van der Waals surface area contributed by atoms with Crippen LogP contribution in [0, 0.1) is 0 Å². The minimum Gasteiger partial charge on any atom is -0.339 e. The molecule has 0 radical (unpaired) electrons. The van der Waals surface area contributed by atoms with Crippen LogP contribution in [-0.2, 0) is 17.5 Å². The third-order valence-electron chi connectivity index (χ3n) is 4.69. The van der Waals surface area contributed by atoms with Gasteiger partial charge < -0.3 is 10.2 Å². The predicted octanol–water partition coefficient (Wildman–Crippen LogP) is 4.87. The van der Waals surface area contributed by atoms with E-state index in [-0.39, 0.29) is 16.8 Å². The van der Waals surface area contributed by atoms with Crippen molar-refractivity contribution in [1.82, 2.24) is 9.88 Å². The zero-order valence-corrected chi connectivity index (χ0v) is 16.5. The summed E-state index contributed by atoms with van der Waals surface area (Å²) in [6.45, 7) is 4.16. The number of nitrogens with one attached hydrogen (secondary N) is 1. The third kappa shape index (κ3) is 4.59. The minimum atomic E-state index is -4.72. The Kier molecular flexibility index (Phi) is 6.05. The average Bonchev–Trinajstić information content (AvgIpc) is 2.70. The van der Waals surface area contributed by atoms with Crippen LogP contribution in [0.15, 0.2) is 54.7 Å². The first-order chi connectivity index (χ1) is 14.2. The maximum Gasteiger partial charge on any atom is 0.417 e. The Morgan fingerprint density at radius 3 is 2.50 bits per heavy atom. The second-order valence-electron chi connectivity index (χ2n) is 6.75. The molecule has 0 unspecified atom stereocenters. The Bertz CT molecular complexity index is 1100. The quantitative estimate of drug-likeness (QED) is 0.646. The van der Waals surface area contributed by atoms with E-state index in [1.807, 2.05) is 6.92 Å². The number of alkyl halides is 3. The Morgan fingerprint density at radius 2 is 1.83 bits per heavy atom. The molecule has 1 aromatic heterocycles. The molecule has 8 heteroatoms. The molecule has 5 nitrogen and oxygen atoms in total. The molecule has 0 atom stereocenters. The SMILES string of the molecule is CCN(Cc1cccc(NC(=O)c2cnc3ccccc3c2C(F)(F)F)c1)C(C)=O. The summed E-state index contributed by atoms with van der Waals surface area (Å²) in [6, 6.07) is 12.5. The molecular formula is C22H20F3N3O2. The fourth-order valence-corrected chi connectivity index (χ4v) is 3.23. The van der Waals surface area contributed by atoms with E-state index >= 15 is 0 Å². The van der Waals surface area contributed by atoms with Crippen molar-refractivity contribution in [2.75, 3.05) is 11.9 Å². The summed E-state index contributed by atoms with van der Waals surface area (Å²) in [7, 11) is 0. The van der Waals surface area contributed by atoms with Crippen LogP contribution < -0.4 is 5.32 Å². The van der Waals surface area contributed by atoms with Gasteiger partial charge in [0.05, 0.1) is 16.6 Å². The van der Waals surface area contributed by atoms with Gasteiger partial charge in [-0.1, -0.05) is 30.3 Å². The van der Waals surface area contributed by atoms with Crippen LogP contribution in [0.4, 0.5) is 18.9 Å². The largest absolute Gasteiger partial charge is 0.417 e. The summed E-state index contributed by atoms with van der Waals surface area (Å²) in [5, 5.41) is 2.38. The maximum absolute atomic E-state index is 13.8. The first-order valence-corrected chi connectivity index (χ1v) is 9.31. The van der Waals surface area contributed by atoms with Crippen LogP contribution in [0.2, 0.25) is 0 Å². The summed E-state index contributed by atoms with van der Waals surface area (Å²) in [5.74, 6) is -0.999. The number of anilines is 1. The van der Waals surface area contributed by atoms with Gasteiger partial charge in [0, 0.05) is 37.3 Å². The van der Waals surface area contributed by atoms with E-state index < -0.39 is 23.2 Å². The highest BCUT2D eigenvalue weighted by molar-refractivity contribution is 6.07. The molecule has 3 aromatic rings. The first kappa shape index (κ1) is 21.3. The van der Waals surface area contributed by atoms with Crippen LogP contribution in [0.25, 0.3) is 10.9 Å². The van der Waals surface area contributed by atoms with Gasteiger partial charge >= 0.3 is 6.18 Å². The molecule has 2 amide bonds. The monoisotopic (exact) mass is 415 g/mol. The predicted molar refractivity (Wildman–Crippen MR) is 108 cm³/mol. The molecule has 3 rings (SSSR count). The number of fused-ring (bicyclic) bond motifs is 1. The fourth-order valence-electron chi connectivity index (χ4n) is 3.23. The molecule has 30 heavy (non-hydrogen) atoms. The van der Waals surface area contributed by atoms with E-state index in [1.54, 1.807) is 35.2 Å². The smallest absolute Gasteiger partial charge is 0.339 e. The second kappa shape index (κ2) is 8.52. The molecule has 0 saturated carbocycles. The van der Waals surface area contributed by atoms with Crippen molar-refractivity contribution in [2.24, 2.45) is 0 Å². The van der Waals surface area contributed by atoms with Gasteiger partial charge in [0.2, 0.25) is 5.91 Å². The van der Waals surface area contributed by atoms with Crippen LogP contribution in [-0.4, -0.2) is 28.2 Å². The molecule has 2 aromatic carbocycles. The normalized spacial score (nSPS) is 11.4. The molecule has 0 aliphatic carbocycles. The van der Waals surface area contributed by atoms with E-state index in [2.05, 4.69) is 10.3 Å². The molecular weight excluding hydrogens is 395 g/mol. The van der Waals surface area contributed by atoms with Crippen molar-refractivity contribution in [3.05, 3.63) is 71.4 Å². The van der Waals surface area contributed by atoms with Crippen molar-refractivity contribution in [1.29, 1.82) is 0 Å². The highest BCUT2D eigenvalue weighted by atomic mass is 19.4. The van der Waals surface area contributed by atoms with Gasteiger partial charge in [-0.15, -0.1) is 0 Å². The number of carbonyl (C=O) groups excluding carboxylic acids is 2. The van der Waals surface area contributed by atoms with Crippen LogP contribution in [0.5, 0.6) is 0 Å². The summed E-state index contributed by atoms with van der Waals surface area (Å²) >= 11 is 0. The molecule has 1 heterocycles. The van der Waals surface area contributed by atoms with Gasteiger partial charge in [-0.3, -0.25) is 14.6 Å². The highest BCUT2D eigenvalue weighted by Crippen LogP contribution is 2.37. The maximum atomic E-state index is 13.8. The lowest BCUT2D eigenvalue weighted by Gasteiger charge is -2.19. The first-order valence-electron chi connectivity index (χ1n) is 9.31. The summed E-state index contributed by atoms with van der Waals surface area (Å²) in [4.78, 5) is 29.9. The molecule has 0 bridgehead atoms. The lowest BCUT2D eigenvalue weighted by Crippen LogP contribution is -2.27. The lowest BCUT2D eigenvalue weighted by atomic mass is 10.0. The number of halogens is 3. The van der Waals surface area contributed by atoms with E-state index in [9.17, 15) is 22.8 Å². The number of rotatable bonds is 5. The zero-order valence-electron chi connectivity index (χ0n) is 16.5. The number of carbonyl (C=O) groups is 2. The van der Waals surface area contributed by atoms with Gasteiger partial charge in [-0.25, -0.2) is 0 Å². The van der Waals surface area contributed by atoms with Gasteiger partial charge in [0.15, 0.2) is 0 Å². The summed E-state index contributed by atoms with van der Waals surface area (Å²) in [5.41, 5.74) is -0.329. The average molecular weight is 415 g/mol. The van der Waals surface area contributed by atoms with E-state index in [0.29, 0.717) is 18.8 Å². The number of para-hydroxylation sites is 1. The van der Waals surface area contributed by atoms with E-state index in [4.69, 9.17) is 0 Å². The number of hydrogen-bond acceptors (Lipinski definition) is 3. The lowest BCUT2D eigenvalue weighted by molar-refractivity contribution is -0.136. The molecule has 0 fully saturated rings. The van der Waals surface area contributed by atoms with Crippen LogP contribution in [0.1, 0.15) is 35.3 Å². The Morgan fingerprint density at radius 1 is 1.10 bits per heavy atom. The Hall–Kier alpha value is -3.42. The zero-order chi connectivity index (χ0) is 21.9. The number of pyridine rings is 1. The Labute approximate surface area is 171 Å². The van der Waals surface area contributed by atoms with Crippen molar-refractivity contribution < 1.29 is 22.8 Å². The molecule has 0 aliphatic rings. The van der Waals surface area contributed by atoms with Gasteiger partial charge in [0.1, 0.15) is 0 Å². The summed E-state index contributed by atoms with van der Waals surface area (Å²) < 4.78 is 41.3. The Balaban J connectivity index is 1.93. The van der Waals surface area contributed by atoms with E-state index in [0.717, 1.165) is 11.8 Å². The fraction of sp³-hybridized carbons (Fsp3) is 0.227. The second-order valence-corrected chi connectivity index (χ2v) is 6.75. The molecule has 1 N–H and O–H groups in total. The third-order valence-corrected chi connectivity index (χ3v) is 4.69. The van der Waals surface area contributed by atoms with E-state index in [1.165, 1.54) is 25.1 Å². The van der Waals surface area contributed by atoms with Crippen molar-refractivity contribution in [3.63, 3.8) is 0 Å². The number of amides is 2. The van der Waals surface area contributed by atoms with Crippen molar-refractivity contribution >= 4 is 28.4 Å². The number of aromatic nitrogens is 1. The molecule has 0 spiro atoms. The topological polar surface area (TPSA) is 62.3 Å². The van der Waals surface area contributed by atoms with Crippen molar-refractivity contribution in [2.45, 2.75) is 26.6 Å². The standard InChI is InChI=1S/C22H20F3N3O2/c1-3-28(14(2)29)13-15-7-6-8-16(11-15)27-21(30)18-12-26-19-10-5-4-9-17(19)20(18)22(23,24)25/h4-12H,3,13H2,1-2H3,(H,27,30). The molecule has 0 aliphatic heterocycles. The molecule has 156 valence electrons. The minimum absolute atomic E-state index is 0.0935. The summed E-state index contributed by atoms with van der Waals surface area (Å²) in [6.07, 6.45) is -3.78. The van der Waals surface area contributed by atoms with Gasteiger partial charge in [-0.2, -0.15) is 13.2 Å². The number of hydrogen-bond donors (Lipinski definition) is 1.